The summed E-state index contributed by atoms with van der Waals surface area (Å²) >= 11 is 0. The van der Waals surface area contributed by atoms with Gasteiger partial charge in [-0.1, -0.05) is 12.1 Å². The Bertz CT molecular complexity index is 797. The van der Waals surface area contributed by atoms with Gasteiger partial charge in [-0.05, 0) is 30.9 Å². The maximum Gasteiger partial charge on any atom is 0.471 e. The summed E-state index contributed by atoms with van der Waals surface area (Å²) in [7, 11) is 0. The van der Waals surface area contributed by atoms with Crippen LogP contribution in [-0.2, 0) is 9.59 Å². The predicted molar refractivity (Wildman–Crippen MR) is 94.8 cm³/mol. The highest BCUT2D eigenvalue weighted by Gasteiger charge is 2.39. The first kappa shape index (κ1) is 20.8. The van der Waals surface area contributed by atoms with Gasteiger partial charge in [-0.15, -0.1) is 0 Å². The Morgan fingerprint density at radius 2 is 1.59 bits per heavy atom. The van der Waals surface area contributed by atoms with Crippen molar-refractivity contribution in [3.63, 3.8) is 0 Å². The second kappa shape index (κ2) is 8.22. The summed E-state index contributed by atoms with van der Waals surface area (Å²) in [5, 5.41) is 1.87. The van der Waals surface area contributed by atoms with Crippen molar-refractivity contribution in [1.82, 2.24) is 15.1 Å². The largest absolute Gasteiger partial charge is 0.471 e. The predicted octanol–water partition coefficient (Wildman–Crippen LogP) is 1.59. The third-order valence-electron chi connectivity index (χ3n) is 5.20. The van der Waals surface area contributed by atoms with Gasteiger partial charge in [0.05, 0.1) is 11.1 Å². The first-order valence-corrected chi connectivity index (χ1v) is 9.26. The molecule has 0 radical (unpaired) electrons. The molecule has 0 spiro atoms. The Morgan fingerprint density at radius 3 is 2.10 bits per heavy atom. The number of benzene rings is 1. The molecule has 0 aliphatic carbocycles. The van der Waals surface area contributed by atoms with Gasteiger partial charge in [-0.2, -0.15) is 13.2 Å². The molecule has 0 bridgehead atoms. The van der Waals surface area contributed by atoms with Crippen molar-refractivity contribution in [3.05, 3.63) is 35.4 Å². The summed E-state index contributed by atoms with van der Waals surface area (Å²) in [6.45, 7) is 0.600. The summed E-state index contributed by atoms with van der Waals surface area (Å²) in [6.07, 6.45) is -3.98. The van der Waals surface area contributed by atoms with E-state index in [4.69, 9.17) is 0 Å². The van der Waals surface area contributed by atoms with Crippen LogP contribution in [0.15, 0.2) is 24.3 Å². The van der Waals surface area contributed by atoms with Crippen LogP contribution in [0.5, 0.6) is 0 Å². The molecule has 1 aromatic carbocycles. The molecule has 1 saturated heterocycles. The number of amides is 4. The van der Waals surface area contributed by atoms with Crippen molar-refractivity contribution in [2.75, 3.05) is 26.2 Å². The Labute approximate surface area is 164 Å². The quantitative estimate of drug-likeness (QED) is 0.746. The molecule has 1 N–H and O–H groups in total. The number of rotatable bonds is 5. The van der Waals surface area contributed by atoms with E-state index in [9.17, 15) is 32.3 Å². The summed E-state index contributed by atoms with van der Waals surface area (Å²) in [4.78, 5) is 50.5. The van der Waals surface area contributed by atoms with E-state index in [1.165, 1.54) is 0 Å². The van der Waals surface area contributed by atoms with E-state index in [0.717, 1.165) is 4.90 Å². The second-order valence-electron chi connectivity index (χ2n) is 7.09. The number of nitrogens with zero attached hydrogens (tertiary/aromatic N) is 2. The minimum atomic E-state index is -4.90. The monoisotopic (exact) mass is 411 g/mol. The first-order chi connectivity index (χ1) is 13.7. The number of carbonyl (C=O) groups excluding carboxylic acids is 4. The lowest BCUT2D eigenvalue weighted by molar-refractivity contribution is -0.173. The Hall–Kier alpha value is -2.91. The third-order valence-corrected chi connectivity index (χ3v) is 5.20. The van der Waals surface area contributed by atoms with Crippen LogP contribution in [0.1, 0.15) is 40.0 Å². The summed E-state index contributed by atoms with van der Waals surface area (Å²) in [5.41, 5.74) is 0.651. The van der Waals surface area contributed by atoms with Crippen molar-refractivity contribution in [1.29, 1.82) is 0 Å². The number of halogens is 3. The van der Waals surface area contributed by atoms with Crippen LogP contribution < -0.4 is 5.32 Å². The first-order valence-electron chi connectivity index (χ1n) is 9.26. The van der Waals surface area contributed by atoms with Crippen molar-refractivity contribution in [2.24, 2.45) is 5.92 Å². The van der Waals surface area contributed by atoms with E-state index < -0.39 is 23.9 Å². The van der Waals surface area contributed by atoms with Gasteiger partial charge >= 0.3 is 12.1 Å². The highest BCUT2D eigenvalue weighted by Crippen LogP contribution is 2.23. The smallest absolute Gasteiger partial charge is 0.348 e. The molecule has 4 amide bonds. The molecule has 2 heterocycles. The summed E-state index contributed by atoms with van der Waals surface area (Å²) in [5.74, 6) is -3.16. The molecule has 1 aromatic rings. The average Bonchev–Trinajstić information content (AvgIpc) is 2.94. The van der Waals surface area contributed by atoms with Crippen LogP contribution in [-0.4, -0.2) is 65.8 Å². The number of likely N-dealkylation sites (tertiary alicyclic amines) is 1. The van der Waals surface area contributed by atoms with Crippen molar-refractivity contribution >= 4 is 23.6 Å². The van der Waals surface area contributed by atoms with E-state index in [1.54, 1.807) is 29.2 Å². The number of hydrogen-bond donors (Lipinski definition) is 1. The molecule has 1 fully saturated rings. The van der Waals surface area contributed by atoms with Crippen LogP contribution in [0.25, 0.3) is 0 Å². The number of piperidine rings is 1. The lowest BCUT2D eigenvalue weighted by Gasteiger charge is -2.32. The summed E-state index contributed by atoms with van der Waals surface area (Å²) < 4.78 is 36.6. The number of imide groups is 1. The molecule has 156 valence electrons. The molecule has 10 heteroatoms. The van der Waals surface area contributed by atoms with Crippen LogP contribution >= 0.6 is 0 Å². The Kier molecular flexibility index (Phi) is 5.90. The maximum absolute atomic E-state index is 12.4. The minimum Gasteiger partial charge on any atom is -0.348 e. The van der Waals surface area contributed by atoms with Crippen molar-refractivity contribution < 1.29 is 32.3 Å². The molecular weight excluding hydrogens is 391 g/mol. The van der Waals surface area contributed by atoms with Crippen LogP contribution in [0, 0.1) is 5.92 Å². The minimum absolute atomic E-state index is 0.0130. The highest BCUT2D eigenvalue weighted by molar-refractivity contribution is 6.21. The van der Waals surface area contributed by atoms with Crippen molar-refractivity contribution in [2.45, 2.75) is 25.4 Å². The highest BCUT2D eigenvalue weighted by atomic mass is 19.4. The second-order valence-corrected chi connectivity index (χ2v) is 7.09. The molecule has 0 saturated carbocycles. The lowest BCUT2D eigenvalue weighted by atomic mass is 9.96. The topological polar surface area (TPSA) is 86.8 Å². The number of fused-ring (bicyclic) bond motifs is 1. The van der Waals surface area contributed by atoms with E-state index in [1.807, 2.05) is 5.32 Å². The SMILES string of the molecule is O=C(CCN1C(=O)c2ccccc2C1=O)N1CCC(CNC(=O)C(F)(F)F)CC1. The van der Waals surface area contributed by atoms with Crippen LogP contribution in [0.4, 0.5) is 13.2 Å². The van der Waals surface area contributed by atoms with Gasteiger partial charge in [-0.25, -0.2) is 0 Å². The van der Waals surface area contributed by atoms with Gasteiger partial charge < -0.3 is 10.2 Å². The van der Waals surface area contributed by atoms with Gasteiger partial charge in [0.15, 0.2) is 0 Å². The summed E-state index contributed by atoms with van der Waals surface area (Å²) in [6, 6.07) is 6.47. The molecule has 7 nitrogen and oxygen atoms in total. The molecule has 2 aliphatic rings. The zero-order valence-corrected chi connectivity index (χ0v) is 15.5. The Morgan fingerprint density at radius 1 is 1.03 bits per heavy atom. The fraction of sp³-hybridized carbons (Fsp3) is 0.474. The molecule has 3 rings (SSSR count). The number of hydrogen-bond acceptors (Lipinski definition) is 4. The van der Waals surface area contributed by atoms with Gasteiger partial charge in [0, 0.05) is 32.6 Å². The number of nitrogens with one attached hydrogen (secondary N) is 1. The fourth-order valence-corrected chi connectivity index (χ4v) is 3.53. The normalized spacial score (nSPS) is 17.5. The molecule has 29 heavy (non-hydrogen) atoms. The maximum atomic E-state index is 12.4. The Balaban J connectivity index is 1.43. The zero-order chi connectivity index (χ0) is 21.2. The van der Waals surface area contributed by atoms with Crippen molar-refractivity contribution in [3.8, 4) is 0 Å². The van der Waals surface area contributed by atoms with E-state index >= 15 is 0 Å². The van der Waals surface area contributed by atoms with E-state index in [-0.39, 0.29) is 31.3 Å². The van der Waals surface area contributed by atoms with E-state index in [0.29, 0.717) is 37.1 Å². The van der Waals surface area contributed by atoms with Gasteiger partial charge in [0.25, 0.3) is 11.8 Å². The fourth-order valence-electron chi connectivity index (χ4n) is 3.53. The number of alkyl halides is 3. The molecular formula is C19H20F3N3O4. The molecule has 2 aliphatic heterocycles. The standard InChI is InChI=1S/C19H20F3N3O4/c20-19(21,22)18(29)23-11-12-5-8-24(9-6-12)15(26)7-10-25-16(27)13-3-1-2-4-14(13)17(25)28/h1-4,12H,5-11H2,(H,23,29). The average molecular weight is 411 g/mol. The molecule has 0 unspecified atom stereocenters. The number of carbonyl (C=O) groups is 4. The van der Waals surface area contributed by atoms with Gasteiger partial charge in [0.2, 0.25) is 5.91 Å². The van der Waals surface area contributed by atoms with E-state index in [2.05, 4.69) is 0 Å². The van der Waals surface area contributed by atoms with Crippen LogP contribution in [0.3, 0.4) is 0 Å². The van der Waals surface area contributed by atoms with Crippen LogP contribution in [0.2, 0.25) is 0 Å². The lowest BCUT2D eigenvalue weighted by Crippen LogP contribution is -2.44. The molecule has 0 aromatic heterocycles. The third kappa shape index (κ3) is 4.57. The zero-order valence-electron chi connectivity index (χ0n) is 15.5. The van der Waals surface area contributed by atoms with Gasteiger partial charge in [-0.3, -0.25) is 24.1 Å². The molecule has 0 atom stereocenters. The van der Waals surface area contributed by atoms with Gasteiger partial charge in [0.1, 0.15) is 0 Å².